The van der Waals surface area contributed by atoms with Gasteiger partial charge in [-0.25, -0.2) is 0 Å². The molecular weight excluding hydrogens is 220 g/mol. The SMILES string of the molecule is CC.COC1Cc2ccc([N+](=O)[O-])cc2C1N. The van der Waals surface area contributed by atoms with Crippen LogP contribution in [-0.4, -0.2) is 18.1 Å². The highest BCUT2D eigenvalue weighted by Gasteiger charge is 2.30. The maximum Gasteiger partial charge on any atom is 0.269 e. The van der Waals surface area contributed by atoms with Crippen molar-refractivity contribution in [2.24, 2.45) is 5.73 Å². The summed E-state index contributed by atoms with van der Waals surface area (Å²) in [6.07, 6.45) is 0.660. The van der Waals surface area contributed by atoms with Gasteiger partial charge in [-0.05, 0) is 11.1 Å². The fourth-order valence-corrected chi connectivity index (χ4v) is 1.97. The molecule has 5 nitrogen and oxygen atoms in total. The summed E-state index contributed by atoms with van der Waals surface area (Å²) in [6, 6.07) is 4.54. The number of hydrogen-bond donors (Lipinski definition) is 1. The summed E-state index contributed by atoms with van der Waals surface area (Å²) < 4.78 is 5.21. The molecule has 0 heterocycles. The van der Waals surface area contributed by atoms with Crippen molar-refractivity contribution in [3.8, 4) is 0 Å². The molecule has 0 aliphatic heterocycles. The molecule has 17 heavy (non-hydrogen) atoms. The van der Waals surface area contributed by atoms with Crippen LogP contribution in [0.2, 0.25) is 0 Å². The van der Waals surface area contributed by atoms with Crippen molar-refractivity contribution < 1.29 is 9.66 Å². The smallest absolute Gasteiger partial charge is 0.269 e. The summed E-state index contributed by atoms with van der Waals surface area (Å²) >= 11 is 0. The van der Waals surface area contributed by atoms with E-state index in [2.05, 4.69) is 0 Å². The summed E-state index contributed by atoms with van der Waals surface area (Å²) in [4.78, 5) is 10.2. The molecule has 2 atom stereocenters. The van der Waals surface area contributed by atoms with Gasteiger partial charge in [0.15, 0.2) is 0 Å². The molecule has 2 rings (SSSR count). The Morgan fingerprint density at radius 1 is 1.47 bits per heavy atom. The zero-order chi connectivity index (χ0) is 13.0. The van der Waals surface area contributed by atoms with Gasteiger partial charge in [0.1, 0.15) is 0 Å². The second-order valence-electron chi connectivity index (χ2n) is 3.64. The molecule has 1 aliphatic carbocycles. The van der Waals surface area contributed by atoms with E-state index in [9.17, 15) is 10.1 Å². The molecule has 1 aromatic rings. The number of nitro benzene ring substituents is 1. The molecule has 0 radical (unpaired) electrons. The van der Waals surface area contributed by atoms with Gasteiger partial charge < -0.3 is 10.5 Å². The van der Waals surface area contributed by atoms with E-state index in [0.29, 0.717) is 0 Å². The van der Waals surface area contributed by atoms with Gasteiger partial charge in [0.05, 0.1) is 17.1 Å². The Hall–Kier alpha value is -1.46. The first-order chi connectivity index (χ1) is 8.13. The molecule has 1 aliphatic rings. The summed E-state index contributed by atoms with van der Waals surface area (Å²) in [5.41, 5.74) is 7.88. The Kier molecular flexibility index (Phi) is 4.60. The zero-order valence-corrected chi connectivity index (χ0v) is 10.3. The van der Waals surface area contributed by atoms with E-state index in [1.807, 2.05) is 13.8 Å². The number of nitro groups is 1. The van der Waals surface area contributed by atoms with Gasteiger partial charge in [-0.2, -0.15) is 0 Å². The van der Waals surface area contributed by atoms with Crippen molar-refractivity contribution in [1.29, 1.82) is 0 Å². The number of hydrogen-bond acceptors (Lipinski definition) is 4. The van der Waals surface area contributed by atoms with Gasteiger partial charge in [-0.3, -0.25) is 10.1 Å². The van der Waals surface area contributed by atoms with E-state index in [4.69, 9.17) is 10.5 Å². The van der Waals surface area contributed by atoms with Crippen LogP contribution in [0.3, 0.4) is 0 Å². The van der Waals surface area contributed by atoms with Crippen LogP contribution in [0, 0.1) is 10.1 Å². The first-order valence-electron chi connectivity index (χ1n) is 5.69. The Morgan fingerprint density at radius 3 is 2.65 bits per heavy atom. The maximum atomic E-state index is 10.6. The number of nitrogens with zero attached hydrogens (tertiary/aromatic N) is 1. The lowest BCUT2D eigenvalue weighted by atomic mass is 10.1. The van der Waals surface area contributed by atoms with Crippen molar-refractivity contribution in [3.05, 3.63) is 39.4 Å². The third kappa shape index (κ3) is 2.62. The van der Waals surface area contributed by atoms with Crippen LogP contribution >= 0.6 is 0 Å². The minimum atomic E-state index is -0.410. The van der Waals surface area contributed by atoms with E-state index in [0.717, 1.165) is 17.5 Å². The van der Waals surface area contributed by atoms with Crippen LogP contribution in [0.5, 0.6) is 0 Å². The fourth-order valence-electron chi connectivity index (χ4n) is 1.97. The molecule has 94 valence electrons. The van der Waals surface area contributed by atoms with Crippen molar-refractivity contribution >= 4 is 5.69 Å². The minimum absolute atomic E-state index is 0.0676. The van der Waals surface area contributed by atoms with Gasteiger partial charge in [0.25, 0.3) is 5.69 Å². The lowest BCUT2D eigenvalue weighted by molar-refractivity contribution is -0.384. The molecule has 0 amide bonds. The van der Waals surface area contributed by atoms with Crippen LogP contribution in [0.15, 0.2) is 18.2 Å². The monoisotopic (exact) mass is 238 g/mol. The molecule has 0 fully saturated rings. The third-order valence-corrected chi connectivity index (χ3v) is 2.82. The molecule has 0 saturated heterocycles. The van der Waals surface area contributed by atoms with E-state index < -0.39 is 4.92 Å². The van der Waals surface area contributed by atoms with E-state index in [1.165, 1.54) is 6.07 Å². The number of fused-ring (bicyclic) bond motifs is 1. The third-order valence-electron chi connectivity index (χ3n) is 2.82. The first-order valence-corrected chi connectivity index (χ1v) is 5.69. The van der Waals surface area contributed by atoms with Crippen LogP contribution in [0.25, 0.3) is 0 Å². The van der Waals surface area contributed by atoms with Crippen LogP contribution in [0.1, 0.15) is 31.0 Å². The van der Waals surface area contributed by atoms with E-state index >= 15 is 0 Å². The lowest BCUT2D eigenvalue weighted by Crippen LogP contribution is -2.23. The van der Waals surface area contributed by atoms with E-state index in [-0.39, 0.29) is 17.8 Å². The van der Waals surface area contributed by atoms with Gasteiger partial charge in [-0.15, -0.1) is 0 Å². The van der Waals surface area contributed by atoms with Crippen molar-refractivity contribution in [3.63, 3.8) is 0 Å². The van der Waals surface area contributed by atoms with Gasteiger partial charge in [0.2, 0.25) is 0 Å². The Bertz CT molecular complexity index is 407. The van der Waals surface area contributed by atoms with Crippen molar-refractivity contribution in [2.75, 3.05) is 7.11 Å². The normalized spacial score (nSPS) is 21.4. The van der Waals surface area contributed by atoms with Crippen molar-refractivity contribution in [2.45, 2.75) is 32.4 Å². The second kappa shape index (κ2) is 5.75. The zero-order valence-electron chi connectivity index (χ0n) is 10.3. The molecule has 5 heteroatoms. The van der Waals surface area contributed by atoms with Gasteiger partial charge in [-0.1, -0.05) is 19.9 Å². The summed E-state index contributed by atoms with van der Waals surface area (Å²) in [7, 11) is 1.60. The highest BCUT2D eigenvalue weighted by molar-refractivity contribution is 5.45. The minimum Gasteiger partial charge on any atom is -0.379 e. The average molecular weight is 238 g/mol. The van der Waals surface area contributed by atoms with Crippen LogP contribution < -0.4 is 5.73 Å². The number of nitrogens with two attached hydrogens (primary N) is 1. The Morgan fingerprint density at radius 2 is 2.12 bits per heavy atom. The van der Waals surface area contributed by atoms with Crippen molar-refractivity contribution in [1.82, 2.24) is 0 Å². The predicted molar refractivity (Wildman–Crippen MR) is 65.9 cm³/mol. The number of rotatable bonds is 2. The maximum absolute atomic E-state index is 10.6. The molecule has 0 saturated carbocycles. The Labute approximate surface area is 101 Å². The summed E-state index contributed by atoms with van der Waals surface area (Å²) in [5, 5.41) is 10.6. The number of non-ortho nitro benzene ring substituents is 1. The molecule has 0 aromatic heterocycles. The standard InChI is InChI=1S/C10H12N2O3.C2H6/c1-15-9-4-6-2-3-7(12(13)14)5-8(6)10(9)11;1-2/h2-3,5,9-10H,4,11H2,1H3;1-2H3. The summed E-state index contributed by atoms with van der Waals surface area (Å²) in [5.74, 6) is 0. The predicted octanol–water partition coefficient (Wildman–Crippen LogP) is 2.19. The number of methoxy groups -OCH3 is 1. The topological polar surface area (TPSA) is 78.4 Å². The molecule has 2 unspecified atom stereocenters. The van der Waals surface area contributed by atoms with Crippen LogP contribution in [0.4, 0.5) is 5.69 Å². The van der Waals surface area contributed by atoms with Gasteiger partial charge in [0, 0.05) is 25.7 Å². The molecule has 0 spiro atoms. The highest BCUT2D eigenvalue weighted by Crippen LogP contribution is 2.33. The Balaban J connectivity index is 0.000000686. The van der Waals surface area contributed by atoms with Gasteiger partial charge >= 0.3 is 0 Å². The number of ether oxygens (including phenoxy) is 1. The number of benzene rings is 1. The largest absolute Gasteiger partial charge is 0.379 e. The summed E-state index contributed by atoms with van der Waals surface area (Å²) in [6.45, 7) is 4.00. The molecule has 1 aromatic carbocycles. The quantitative estimate of drug-likeness (QED) is 0.632. The van der Waals surface area contributed by atoms with E-state index in [1.54, 1.807) is 19.2 Å². The fraction of sp³-hybridized carbons (Fsp3) is 0.500. The molecule has 0 bridgehead atoms. The molecular formula is C12H18N2O3. The average Bonchev–Trinajstić information content (AvgIpc) is 2.68. The van der Waals surface area contributed by atoms with Crippen LogP contribution in [-0.2, 0) is 11.2 Å². The lowest BCUT2D eigenvalue weighted by Gasteiger charge is -2.13. The molecule has 2 N–H and O–H groups in total. The highest BCUT2D eigenvalue weighted by atomic mass is 16.6. The second-order valence-corrected chi connectivity index (χ2v) is 3.64. The first kappa shape index (κ1) is 13.6.